The van der Waals surface area contributed by atoms with Crippen LogP contribution in [0.3, 0.4) is 0 Å². The Morgan fingerprint density at radius 2 is 1.73 bits per heavy atom. The van der Waals surface area contributed by atoms with Crippen molar-refractivity contribution in [1.82, 2.24) is 9.73 Å². The molecule has 0 heterocycles. The Morgan fingerprint density at radius 1 is 1.07 bits per heavy atom. The van der Waals surface area contributed by atoms with Crippen molar-refractivity contribution >= 4 is 54.0 Å². The summed E-state index contributed by atoms with van der Waals surface area (Å²) in [6.07, 6.45) is 6.03. The van der Waals surface area contributed by atoms with Gasteiger partial charge in [0.15, 0.2) is 0 Å². The number of halogens is 2. The van der Waals surface area contributed by atoms with E-state index in [0.29, 0.717) is 0 Å². The summed E-state index contributed by atoms with van der Waals surface area (Å²) in [6.45, 7) is -0.267. The average Bonchev–Trinajstić information content (AvgIpc) is 2.74. The second-order valence-corrected chi connectivity index (χ2v) is 10.8. The van der Waals surface area contributed by atoms with E-state index in [1.54, 1.807) is 24.3 Å². The number of sulfonamides is 1. The molecule has 1 saturated carbocycles. The number of benzene rings is 2. The van der Waals surface area contributed by atoms with Crippen LogP contribution in [0.1, 0.15) is 37.7 Å². The van der Waals surface area contributed by atoms with Gasteiger partial charge in [0.2, 0.25) is 10.0 Å². The van der Waals surface area contributed by atoms with Crippen molar-refractivity contribution in [2.75, 3.05) is 6.54 Å². The molecule has 0 atom stereocenters. The number of rotatable bonds is 7. The quantitative estimate of drug-likeness (QED) is 0.397. The van der Waals surface area contributed by atoms with Gasteiger partial charge in [-0.25, -0.2) is 13.8 Å². The van der Waals surface area contributed by atoms with Crippen molar-refractivity contribution < 1.29 is 13.2 Å². The molecular weight excluding hydrogens is 534 g/mol. The molecule has 0 aromatic heterocycles. The highest BCUT2D eigenvalue weighted by Crippen LogP contribution is 2.28. The minimum absolute atomic E-state index is 0.181. The molecule has 160 valence electrons. The Labute approximate surface area is 194 Å². The molecule has 2 aromatic rings. The third kappa shape index (κ3) is 6.00. The molecule has 0 radical (unpaired) electrons. The number of hydrogen-bond acceptors (Lipinski definition) is 4. The minimum Gasteiger partial charge on any atom is -0.272 e. The number of amides is 1. The van der Waals surface area contributed by atoms with E-state index in [0.717, 1.165) is 46.6 Å². The van der Waals surface area contributed by atoms with Gasteiger partial charge in [0.1, 0.15) is 0 Å². The number of nitrogens with zero attached hydrogens (tertiary/aromatic N) is 2. The molecule has 1 N–H and O–H groups in total. The predicted octanol–water partition coefficient (Wildman–Crippen LogP) is 4.69. The van der Waals surface area contributed by atoms with Gasteiger partial charge >= 0.3 is 0 Å². The average molecular weight is 557 g/mol. The standard InChI is InChI=1S/C21H23Br2N3O3S/c22-17-10-12-19(13-11-17)30(28,29)26(18-7-2-1-3-8-18)15-21(27)25-24-14-16-6-4-5-9-20(16)23/h4-6,9-14,18H,1-3,7-8,15H2,(H,25,27)/b24-14-. The summed E-state index contributed by atoms with van der Waals surface area (Å²) in [5.74, 6) is -0.468. The van der Waals surface area contributed by atoms with E-state index < -0.39 is 15.9 Å². The maximum absolute atomic E-state index is 13.3. The van der Waals surface area contributed by atoms with Gasteiger partial charge in [-0.2, -0.15) is 9.41 Å². The van der Waals surface area contributed by atoms with Crippen LogP contribution in [-0.2, 0) is 14.8 Å². The van der Waals surface area contributed by atoms with Crippen molar-refractivity contribution in [2.45, 2.75) is 43.0 Å². The summed E-state index contributed by atoms with van der Waals surface area (Å²) in [5, 5.41) is 3.98. The molecule has 1 amide bonds. The molecule has 1 aliphatic rings. The summed E-state index contributed by atoms with van der Waals surface area (Å²) >= 11 is 6.75. The smallest absolute Gasteiger partial charge is 0.255 e. The van der Waals surface area contributed by atoms with E-state index in [1.807, 2.05) is 24.3 Å². The van der Waals surface area contributed by atoms with Crippen LogP contribution in [0.2, 0.25) is 0 Å². The zero-order valence-corrected chi connectivity index (χ0v) is 20.3. The van der Waals surface area contributed by atoms with Gasteiger partial charge < -0.3 is 0 Å². The lowest BCUT2D eigenvalue weighted by Crippen LogP contribution is -2.46. The van der Waals surface area contributed by atoms with Gasteiger partial charge in [0.25, 0.3) is 5.91 Å². The normalized spacial score (nSPS) is 15.6. The summed E-state index contributed by atoms with van der Waals surface area (Å²) in [4.78, 5) is 12.7. The maximum Gasteiger partial charge on any atom is 0.255 e. The molecule has 0 aliphatic heterocycles. The van der Waals surface area contributed by atoms with Crippen LogP contribution < -0.4 is 5.43 Å². The van der Waals surface area contributed by atoms with Crippen LogP contribution in [0.4, 0.5) is 0 Å². The molecule has 6 nitrogen and oxygen atoms in total. The Bertz CT molecular complexity index is 1000. The van der Waals surface area contributed by atoms with Crippen LogP contribution in [0.25, 0.3) is 0 Å². The zero-order chi connectivity index (χ0) is 21.6. The second-order valence-electron chi connectivity index (χ2n) is 7.11. The topological polar surface area (TPSA) is 78.8 Å². The highest BCUT2D eigenvalue weighted by molar-refractivity contribution is 9.10. The molecule has 30 heavy (non-hydrogen) atoms. The van der Waals surface area contributed by atoms with Gasteiger partial charge in [-0.05, 0) is 43.2 Å². The zero-order valence-electron chi connectivity index (χ0n) is 16.3. The summed E-state index contributed by atoms with van der Waals surface area (Å²) < 4.78 is 29.6. The van der Waals surface area contributed by atoms with E-state index >= 15 is 0 Å². The first kappa shape index (κ1) is 23.1. The van der Waals surface area contributed by atoms with Crippen LogP contribution in [0.5, 0.6) is 0 Å². The first-order valence-electron chi connectivity index (χ1n) is 9.72. The van der Waals surface area contributed by atoms with E-state index in [9.17, 15) is 13.2 Å². The number of carbonyl (C=O) groups is 1. The molecule has 0 unspecified atom stereocenters. The van der Waals surface area contributed by atoms with E-state index in [-0.39, 0.29) is 17.5 Å². The molecule has 0 spiro atoms. The third-order valence-corrected chi connectivity index (χ3v) is 8.16. The number of hydrogen-bond donors (Lipinski definition) is 1. The molecule has 9 heteroatoms. The SMILES string of the molecule is O=C(CN(C1CCCCC1)S(=O)(=O)c1ccc(Br)cc1)N/N=C\c1ccccc1Br. The van der Waals surface area contributed by atoms with Crippen molar-refractivity contribution in [3.63, 3.8) is 0 Å². The maximum atomic E-state index is 13.3. The van der Waals surface area contributed by atoms with Gasteiger partial charge in [0.05, 0.1) is 17.7 Å². The van der Waals surface area contributed by atoms with Crippen molar-refractivity contribution in [2.24, 2.45) is 5.10 Å². The molecule has 2 aromatic carbocycles. The van der Waals surface area contributed by atoms with Crippen LogP contribution in [0.15, 0.2) is 67.5 Å². The molecule has 1 fully saturated rings. The van der Waals surface area contributed by atoms with Crippen molar-refractivity contribution in [1.29, 1.82) is 0 Å². The van der Waals surface area contributed by atoms with E-state index in [4.69, 9.17) is 0 Å². The first-order valence-corrected chi connectivity index (χ1v) is 12.7. The summed E-state index contributed by atoms with van der Waals surface area (Å²) in [7, 11) is -3.80. The number of nitrogens with one attached hydrogen (secondary N) is 1. The molecule has 0 bridgehead atoms. The molecular formula is C21H23Br2N3O3S. The van der Waals surface area contributed by atoms with Gasteiger partial charge in [-0.1, -0.05) is 69.3 Å². The second kappa shape index (κ2) is 10.7. The molecule has 1 aliphatic carbocycles. The number of hydrazone groups is 1. The summed E-state index contributed by atoms with van der Waals surface area (Å²) in [6, 6.07) is 13.8. The summed E-state index contributed by atoms with van der Waals surface area (Å²) in [5.41, 5.74) is 3.27. The third-order valence-electron chi connectivity index (χ3n) is 5.00. The number of carbonyl (C=O) groups excluding carboxylic acids is 1. The predicted molar refractivity (Wildman–Crippen MR) is 125 cm³/mol. The van der Waals surface area contributed by atoms with E-state index in [1.165, 1.54) is 10.5 Å². The molecule has 3 rings (SSSR count). The van der Waals surface area contributed by atoms with Gasteiger partial charge in [0, 0.05) is 20.6 Å². The Kier molecular flexibility index (Phi) is 8.21. The Hall–Kier alpha value is -1.55. The van der Waals surface area contributed by atoms with Crippen LogP contribution >= 0.6 is 31.9 Å². The van der Waals surface area contributed by atoms with E-state index in [2.05, 4.69) is 42.4 Å². The minimum atomic E-state index is -3.80. The fraction of sp³-hybridized carbons (Fsp3) is 0.333. The fourth-order valence-corrected chi connectivity index (χ4v) is 5.74. The highest BCUT2D eigenvalue weighted by atomic mass is 79.9. The largest absolute Gasteiger partial charge is 0.272 e. The molecule has 0 saturated heterocycles. The monoisotopic (exact) mass is 555 g/mol. The Morgan fingerprint density at radius 3 is 2.40 bits per heavy atom. The van der Waals surface area contributed by atoms with Crippen molar-refractivity contribution in [3.8, 4) is 0 Å². The lowest BCUT2D eigenvalue weighted by molar-refractivity contribution is -0.121. The van der Waals surface area contributed by atoms with Gasteiger partial charge in [-0.3, -0.25) is 4.79 Å². The lowest BCUT2D eigenvalue weighted by atomic mass is 9.95. The Balaban J connectivity index is 1.76. The first-order chi connectivity index (χ1) is 14.4. The van der Waals surface area contributed by atoms with Crippen molar-refractivity contribution in [3.05, 3.63) is 63.0 Å². The highest BCUT2D eigenvalue weighted by Gasteiger charge is 2.33. The van der Waals surface area contributed by atoms with Gasteiger partial charge in [-0.15, -0.1) is 0 Å². The fourth-order valence-electron chi connectivity index (χ4n) is 3.45. The lowest BCUT2D eigenvalue weighted by Gasteiger charge is -2.32. The van der Waals surface area contributed by atoms with Crippen LogP contribution in [-0.4, -0.2) is 37.4 Å². The van der Waals surface area contributed by atoms with Crippen LogP contribution in [0, 0.1) is 0 Å².